The number of rotatable bonds is 6. The van der Waals surface area contributed by atoms with E-state index >= 15 is 0 Å². The molecule has 0 spiro atoms. The molecule has 21 heavy (non-hydrogen) atoms. The minimum Gasteiger partial charge on any atom is -0.497 e. The highest BCUT2D eigenvalue weighted by atomic mass is 16.6. The van der Waals surface area contributed by atoms with Crippen molar-refractivity contribution in [3.63, 3.8) is 0 Å². The summed E-state index contributed by atoms with van der Waals surface area (Å²) in [7, 11) is 1.59. The van der Waals surface area contributed by atoms with Crippen LogP contribution in [0.25, 0.3) is 0 Å². The summed E-state index contributed by atoms with van der Waals surface area (Å²) in [4.78, 5) is 21.8. The monoisotopic (exact) mass is 295 g/mol. The van der Waals surface area contributed by atoms with Gasteiger partial charge in [-0.05, 0) is 31.5 Å². The molecule has 0 saturated carbocycles. The number of carbonyl (C=O) groups is 2. The number of benzene rings is 1. The van der Waals surface area contributed by atoms with Crippen molar-refractivity contribution in [3.8, 4) is 5.75 Å². The fraction of sp³-hybridized carbons (Fsp3) is 0.333. The molecule has 0 bridgehead atoms. The quantitative estimate of drug-likeness (QED) is 0.616. The highest BCUT2D eigenvalue weighted by Crippen LogP contribution is 2.19. The molecule has 6 heteroatoms. The van der Waals surface area contributed by atoms with Crippen LogP contribution in [0.2, 0.25) is 0 Å². The number of carbonyl (C=O) groups excluding carboxylic acids is 1. The van der Waals surface area contributed by atoms with Crippen molar-refractivity contribution in [2.75, 3.05) is 7.11 Å². The van der Waals surface area contributed by atoms with E-state index in [2.05, 4.69) is 0 Å². The molecular formula is C15H21NO5. The standard InChI is InChI=1S/C15H18O5.H3N/c1-15(2,20-14(18)9-8-13(16)17)10-11-4-6-12(19-3)7-5-11;/h4-9H,10H2,1-3H3,(H,16,17);1H3/b9-8-;. The summed E-state index contributed by atoms with van der Waals surface area (Å²) < 4.78 is 10.3. The zero-order valence-electron chi connectivity index (χ0n) is 12.5. The van der Waals surface area contributed by atoms with E-state index in [-0.39, 0.29) is 6.15 Å². The number of carboxylic acid groups (broad SMARTS) is 1. The molecule has 0 heterocycles. The Balaban J connectivity index is 0.00000400. The van der Waals surface area contributed by atoms with E-state index in [9.17, 15) is 9.59 Å². The molecular weight excluding hydrogens is 274 g/mol. The largest absolute Gasteiger partial charge is 0.497 e. The maximum Gasteiger partial charge on any atom is 0.331 e. The summed E-state index contributed by atoms with van der Waals surface area (Å²) in [5, 5.41) is 8.44. The van der Waals surface area contributed by atoms with Crippen LogP contribution in [0.3, 0.4) is 0 Å². The van der Waals surface area contributed by atoms with Crippen molar-refractivity contribution < 1.29 is 24.2 Å². The van der Waals surface area contributed by atoms with Crippen molar-refractivity contribution in [3.05, 3.63) is 42.0 Å². The van der Waals surface area contributed by atoms with E-state index in [1.165, 1.54) is 0 Å². The maximum atomic E-state index is 11.5. The summed E-state index contributed by atoms with van der Waals surface area (Å²) in [5.74, 6) is -1.10. The normalized spacial score (nSPS) is 10.8. The molecule has 6 nitrogen and oxygen atoms in total. The third-order valence-electron chi connectivity index (χ3n) is 2.53. The van der Waals surface area contributed by atoms with Crippen LogP contribution in [0.1, 0.15) is 19.4 Å². The SMILES string of the molecule is COc1ccc(CC(C)(C)OC(=O)/C=C\C(=O)O)cc1.N. The van der Waals surface area contributed by atoms with Gasteiger partial charge in [-0.1, -0.05) is 12.1 Å². The smallest absolute Gasteiger partial charge is 0.331 e. The van der Waals surface area contributed by atoms with Crippen molar-refractivity contribution in [1.29, 1.82) is 0 Å². The van der Waals surface area contributed by atoms with Crippen LogP contribution in [-0.4, -0.2) is 29.8 Å². The van der Waals surface area contributed by atoms with E-state index in [4.69, 9.17) is 14.6 Å². The first-order chi connectivity index (χ1) is 9.32. The molecule has 0 saturated heterocycles. The van der Waals surface area contributed by atoms with Gasteiger partial charge in [0, 0.05) is 18.6 Å². The van der Waals surface area contributed by atoms with E-state index in [0.717, 1.165) is 23.5 Å². The minimum atomic E-state index is -1.19. The topological polar surface area (TPSA) is 108 Å². The first-order valence-electron chi connectivity index (χ1n) is 6.09. The first kappa shape index (κ1) is 18.7. The van der Waals surface area contributed by atoms with Gasteiger partial charge < -0.3 is 20.7 Å². The number of esters is 1. The van der Waals surface area contributed by atoms with Crippen LogP contribution in [0.4, 0.5) is 0 Å². The zero-order chi connectivity index (χ0) is 15.2. The molecule has 1 rings (SSSR count). The van der Waals surface area contributed by atoms with Gasteiger partial charge in [0.25, 0.3) is 0 Å². The number of carboxylic acids is 1. The van der Waals surface area contributed by atoms with Crippen LogP contribution >= 0.6 is 0 Å². The molecule has 0 atom stereocenters. The third kappa shape index (κ3) is 7.12. The van der Waals surface area contributed by atoms with Crippen molar-refractivity contribution in [2.45, 2.75) is 25.9 Å². The number of ether oxygens (including phenoxy) is 2. The van der Waals surface area contributed by atoms with E-state index in [1.54, 1.807) is 21.0 Å². The van der Waals surface area contributed by atoms with E-state index in [0.29, 0.717) is 6.42 Å². The van der Waals surface area contributed by atoms with Gasteiger partial charge in [-0.15, -0.1) is 0 Å². The van der Waals surface area contributed by atoms with E-state index in [1.807, 2.05) is 24.3 Å². The van der Waals surface area contributed by atoms with Gasteiger partial charge in [0.2, 0.25) is 0 Å². The molecule has 0 radical (unpaired) electrons. The van der Waals surface area contributed by atoms with Gasteiger partial charge in [0.1, 0.15) is 11.4 Å². The van der Waals surface area contributed by atoms with Crippen LogP contribution in [0.15, 0.2) is 36.4 Å². The Morgan fingerprint density at radius 3 is 2.24 bits per heavy atom. The molecule has 1 aromatic carbocycles. The van der Waals surface area contributed by atoms with Gasteiger partial charge in [0.05, 0.1) is 7.11 Å². The molecule has 0 aliphatic carbocycles. The lowest BCUT2D eigenvalue weighted by Crippen LogP contribution is -2.30. The maximum absolute atomic E-state index is 11.5. The lowest BCUT2D eigenvalue weighted by Gasteiger charge is -2.24. The lowest BCUT2D eigenvalue weighted by molar-refractivity contribution is -0.150. The van der Waals surface area contributed by atoms with Gasteiger partial charge in [-0.25, -0.2) is 9.59 Å². The highest BCUT2D eigenvalue weighted by molar-refractivity contribution is 5.90. The molecule has 116 valence electrons. The second-order valence-corrected chi connectivity index (χ2v) is 4.88. The predicted molar refractivity (Wildman–Crippen MR) is 78.7 cm³/mol. The van der Waals surface area contributed by atoms with Gasteiger partial charge in [0.15, 0.2) is 0 Å². The van der Waals surface area contributed by atoms with Crippen LogP contribution in [-0.2, 0) is 20.7 Å². The van der Waals surface area contributed by atoms with Crippen LogP contribution in [0.5, 0.6) is 5.75 Å². The van der Waals surface area contributed by atoms with Crippen molar-refractivity contribution in [1.82, 2.24) is 6.15 Å². The Bertz CT molecular complexity index is 505. The van der Waals surface area contributed by atoms with Gasteiger partial charge in [-0.3, -0.25) is 0 Å². The highest BCUT2D eigenvalue weighted by Gasteiger charge is 2.22. The zero-order valence-corrected chi connectivity index (χ0v) is 12.5. The molecule has 1 aromatic rings. The Labute approximate surface area is 124 Å². The summed E-state index contributed by atoms with van der Waals surface area (Å²) >= 11 is 0. The molecule has 0 amide bonds. The fourth-order valence-corrected chi connectivity index (χ4v) is 1.72. The lowest BCUT2D eigenvalue weighted by atomic mass is 9.98. The Morgan fingerprint density at radius 2 is 1.76 bits per heavy atom. The molecule has 0 aliphatic rings. The molecule has 0 aliphatic heterocycles. The average Bonchev–Trinajstić information content (AvgIpc) is 2.36. The number of aliphatic carboxylic acids is 1. The van der Waals surface area contributed by atoms with Crippen molar-refractivity contribution >= 4 is 11.9 Å². The molecule has 0 aromatic heterocycles. The molecule has 0 unspecified atom stereocenters. The van der Waals surface area contributed by atoms with Crippen LogP contribution < -0.4 is 10.9 Å². The summed E-state index contributed by atoms with van der Waals surface area (Å²) in [6.45, 7) is 3.54. The number of hydrogen-bond donors (Lipinski definition) is 2. The Morgan fingerprint density at radius 1 is 1.19 bits per heavy atom. The predicted octanol–water partition coefficient (Wildman–Crippen LogP) is 2.36. The average molecular weight is 295 g/mol. The number of hydrogen-bond acceptors (Lipinski definition) is 5. The van der Waals surface area contributed by atoms with Crippen LogP contribution in [0, 0.1) is 0 Å². The third-order valence-corrected chi connectivity index (χ3v) is 2.53. The Hall–Kier alpha value is -2.34. The summed E-state index contributed by atoms with van der Waals surface area (Å²) in [5.41, 5.74) is 0.264. The van der Waals surface area contributed by atoms with Gasteiger partial charge >= 0.3 is 11.9 Å². The first-order valence-corrected chi connectivity index (χ1v) is 6.09. The Kier molecular flexibility index (Phi) is 7.16. The van der Waals surface area contributed by atoms with E-state index < -0.39 is 17.5 Å². The minimum absolute atomic E-state index is 0. The van der Waals surface area contributed by atoms with Gasteiger partial charge in [-0.2, -0.15) is 0 Å². The summed E-state index contributed by atoms with van der Waals surface area (Å²) in [6, 6.07) is 7.44. The second kappa shape index (κ2) is 8.06. The fourth-order valence-electron chi connectivity index (χ4n) is 1.72. The number of methoxy groups -OCH3 is 1. The second-order valence-electron chi connectivity index (χ2n) is 4.88. The molecule has 4 N–H and O–H groups in total. The molecule has 0 fully saturated rings. The summed E-state index contributed by atoms with van der Waals surface area (Å²) in [6.07, 6.45) is 2.17. The van der Waals surface area contributed by atoms with Crippen molar-refractivity contribution in [2.24, 2.45) is 0 Å².